The second-order valence-electron chi connectivity index (χ2n) is 6.65. The lowest BCUT2D eigenvalue weighted by Gasteiger charge is -2.14. The van der Waals surface area contributed by atoms with E-state index in [9.17, 15) is 9.59 Å². The van der Waals surface area contributed by atoms with Gasteiger partial charge in [0, 0.05) is 43.4 Å². The maximum atomic E-state index is 12.4. The number of amides is 2. The normalized spacial score (nSPS) is 15.7. The molecule has 0 bridgehead atoms. The molecule has 1 aliphatic heterocycles. The molecule has 1 aliphatic rings. The third-order valence-corrected chi connectivity index (χ3v) is 5.47. The minimum Gasteiger partial charge on any atom is -0.378 e. The van der Waals surface area contributed by atoms with Crippen LogP contribution in [0, 0.1) is 13.8 Å². The van der Waals surface area contributed by atoms with Crippen molar-refractivity contribution in [1.82, 2.24) is 9.47 Å². The molecule has 3 rings (SSSR count). The molecule has 0 saturated carbocycles. The number of rotatable bonds is 5. The average Bonchev–Trinajstić information content (AvgIpc) is 3.05. The number of hydrogen-bond acceptors (Lipinski definition) is 4. The fourth-order valence-corrected chi connectivity index (χ4v) is 4.00. The van der Waals surface area contributed by atoms with Crippen molar-refractivity contribution in [3.63, 3.8) is 0 Å². The van der Waals surface area contributed by atoms with E-state index in [1.54, 1.807) is 12.2 Å². The Balaban J connectivity index is 1.96. The Kier molecular flexibility index (Phi) is 5.28. The minimum atomic E-state index is -0.259. The molecule has 6 heteroatoms. The minimum absolute atomic E-state index is 0.235. The van der Waals surface area contributed by atoms with Gasteiger partial charge in [0.1, 0.15) is 0 Å². The summed E-state index contributed by atoms with van der Waals surface area (Å²) in [6, 6.07) is 10.4. The van der Waals surface area contributed by atoms with Gasteiger partial charge in [-0.05, 0) is 67.6 Å². The SMILES string of the molecule is C=CCN1C(=O)S/C(=C/c2cc(C)n(-c3ccc(N(C)C)cc3)c2C)C1=O. The first-order valence-electron chi connectivity index (χ1n) is 8.66. The summed E-state index contributed by atoms with van der Waals surface area (Å²) >= 11 is 0.977. The molecule has 27 heavy (non-hydrogen) atoms. The zero-order chi connectivity index (χ0) is 19.7. The van der Waals surface area contributed by atoms with Crippen molar-refractivity contribution in [1.29, 1.82) is 0 Å². The molecule has 0 aliphatic carbocycles. The first-order valence-corrected chi connectivity index (χ1v) is 9.48. The van der Waals surface area contributed by atoms with Crippen LogP contribution in [0.4, 0.5) is 10.5 Å². The van der Waals surface area contributed by atoms with Crippen LogP contribution >= 0.6 is 11.8 Å². The molecular weight excluding hydrogens is 358 g/mol. The molecule has 0 N–H and O–H groups in total. The zero-order valence-corrected chi connectivity index (χ0v) is 16.8. The lowest BCUT2D eigenvalue weighted by molar-refractivity contribution is -0.122. The second-order valence-corrected chi connectivity index (χ2v) is 7.65. The lowest BCUT2D eigenvalue weighted by atomic mass is 10.2. The standard InChI is InChI=1S/C21H23N3O2S/c1-6-11-23-20(25)19(27-21(23)26)13-16-12-14(2)24(15(16)3)18-9-7-17(8-10-18)22(4)5/h6-10,12-13H,1,11H2,2-5H3/b19-13+. The van der Waals surface area contributed by atoms with Crippen LogP contribution in [0.5, 0.6) is 0 Å². The molecule has 1 saturated heterocycles. The summed E-state index contributed by atoms with van der Waals surface area (Å²) in [5.41, 5.74) is 5.24. The molecule has 1 aromatic carbocycles. The van der Waals surface area contributed by atoms with Crippen LogP contribution in [0.15, 0.2) is 47.9 Å². The number of aromatic nitrogens is 1. The van der Waals surface area contributed by atoms with Crippen LogP contribution in [0.3, 0.4) is 0 Å². The number of carbonyl (C=O) groups is 2. The van der Waals surface area contributed by atoms with Gasteiger partial charge in [-0.15, -0.1) is 6.58 Å². The highest BCUT2D eigenvalue weighted by molar-refractivity contribution is 8.18. The molecule has 0 radical (unpaired) electrons. The van der Waals surface area contributed by atoms with Gasteiger partial charge in [-0.1, -0.05) is 6.08 Å². The Labute approximate surface area is 164 Å². The Morgan fingerprint density at radius 3 is 2.41 bits per heavy atom. The number of aryl methyl sites for hydroxylation is 1. The Bertz CT molecular complexity index is 939. The maximum absolute atomic E-state index is 12.4. The van der Waals surface area contributed by atoms with E-state index < -0.39 is 0 Å². The van der Waals surface area contributed by atoms with Crippen LogP contribution in [-0.2, 0) is 4.79 Å². The largest absolute Gasteiger partial charge is 0.378 e. The number of nitrogens with zero attached hydrogens (tertiary/aromatic N) is 3. The summed E-state index contributed by atoms with van der Waals surface area (Å²) in [5.74, 6) is -0.259. The Morgan fingerprint density at radius 2 is 1.81 bits per heavy atom. The Morgan fingerprint density at radius 1 is 1.15 bits per heavy atom. The smallest absolute Gasteiger partial charge is 0.293 e. The van der Waals surface area contributed by atoms with Crippen LogP contribution in [0.2, 0.25) is 0 Å². The van der Waals surface area contributed by atoms with E-state index in [1.165, 1.54) is 4.90 Å². The summed E-state index contributed by atoms with van der Waals surface area (Å²) in [7, 11) is 4.03. The summed E-state index contributed by atoms with van der Waals surface area (Å²) in [6.45, 7) is 7.89. The number of benzene rings is 1. The van der Waals surface area contributed by atoms with Crippen molar-refractivity contribution in [2.45, 2.75) is 13.8 Å². The highest BCUT2D eigenvalue weighted by atomic mass is 32.2. The van der Waals surface area contributed by atoms with Gasteiger partial charge in [0.05, 0.1) is 4.91 Å². The number of carbonyl (C=O) groups excluding carboxylic acids is 2. The fourth-order valence-electron chi connectivity index (χ4n) is 3.16. The molecule has 5 nitrogen and oxygen atoms in total. The van der Waals surface area contributed by atoms with Gasteiger partial charge in [-0.3, -0.25) is 14.5 Å². The molecule has 1 aromatic heterocycles. The van der Waals surface area contributed by atoms with Crippen LogP contribution < -0.4 is 4.90 Å². The van der Waals surface area contributed by atoms with E-state index in [-0.39, 0.29) is 17.7 Å². The molecule has 140 valence electrons. The van der Waals surface area contributed by atoms with E-state index in [0.717, 1.165) is 40.1 Å². The molecule has 0 spiro atoms. The maximum Gasteiger partial charge on any atom is 0.293 e. The molecule has 0 unspecified atom stereocenters. The monoisotopic (exact) mass is 381 g/mol. The van der Waals surface area contributed by atoms with Crippen LogP contribution in [0.1, 0.15) is 17.0 Å². The number of hydrogen-bond donors (Lipinski definition) is 0. The van der Waals surface area contributed by atoms with Crippen molar-refractivity contribution in [3.05, 3.63) is 64.8 Å². The van der Waals surface area contributed by atoms with E-state index in [0.29, 0.717) is 4.91 Å². The van der Waals surface area contributed by atoms with E-state index >= 15 is 0 Å². The van der Waals surface area contributed by atoms with Crippen LogP contribution in [-0.4, -0.2) is 41.3 Å². The highest BCUT2D eigenvalue weighted by Gasteiger charge is 2.34. The number of imide groups is 1. The molecular formula is C21H23N3O2S. The van der Waals surface area contributed by atoms with Gasteiger partial charge in [0.15, 0.2) is 0 Å². The summed E-state index contributed by atoms with van der Waals surface area (Å²) in [5, 5.41) is -0.251. The third-order valence-electron chi connectivity index (χ3n) is 4.57. The van der Waals surface area contributed by atoms with Gasteiger partial charge in [-0.2, -0.15) is 0 Å². The summed E-state index contributed by atoms with van der Waals surface area (Å²) < 4.78 is 2.15. The summed E-state index contributed by atoms with van der Waals surface area (Å²) in [6.07, 6.45) is 3.36. The topological polar surface area (TPSA) is 45.6 Å². The summed E-state index contributed by atoms with van der Waals surface area (Å²) in [4.78, 5) is 28.2. The van der Waals surface area contributed by atoms with Gasteiger partial charge in [0.25, 0.3) is 11.1 Å². The van der Waals surface area contributed by atoms with Crippen molar-refractivity contribution < 1.29 is 9.59 Å². The van der Waals surface area contributed by atoms with Crippen LogP contribution in [0.25, 0.3) is 11.8 Å². The molecule has 0 atom stereocenters. The van der Waals surface area contributed by atoms with Crippen molar-refractivity contribution in [3.8, 4) is 5.69 Å². The predicted molar refractivity (Wildman–Crippen MR) is 112 cm³/mol. The lowest BCUT2D eigenvalue weighted by Crippen LogP contribution is -2.27. The molecule has 2 aromatic rings. The predicted octanol–water partition coefficient (Wildman–Crippen LogP) is 4.38. The van der Waals surface area contributed by atoms with E-state index in [4.69, 9.17) is 0 Å². The van der Waals surface area contributed by atoms with E-state index in [2.05, 4.69) is 40.3 Å². The van der Waals surface area contributed by atoms with Crippen molar-refractivity contribution in [2.75, 3.05) is 25.5 Å². The first-order chi connectivity index (χ1) is 12.8. The van der Waals surface area contributed by atoms with E-state index in [1.807, 2.05) is 34.0 Å². The quantitative estimate of drug-likeness (QED) is 0.569. The molecule has 2 amide bonds. The van der Waals surface area contributed by atoms with Gasteiger partial charge >= 0.3 is 0 Å². The number of thioether (sulfide) groups is 1. The Hall–Kier alpha value is -2.73. The second kappa shape index (κ2) is 7.48. The fraction of sp³-hybridized carbons (Fsp3) is 0.238. The zero-order valence-electron chi connectivity index (χ0n) is 16.0. The highest BCUT2D eigenvalue weighted by Crippen LogP contribution is 2.33. The van der Waals surface area contributed by atoms with Gasteiger partial charge in [-0.25, -0.2) is 0 Å². The molecule has 2 heterocycles. The third kappa shape index (κ3) is 3.57. The van der Waals surface area contributed by atoms with Crippen molar-refractivity contribution >= 4 is 34.7 Å². The molecule has 1 fully saturated rings. The van der Waals surface area contributed by atoms with Gasteiger partial charge in [0.2, 0.25) is 0 Å². The number of anilines is 1. The first kappa shape index (κ1) is 19.0. The van der Waals surface area contributed by atoms with Gasteiger partial charge < -0.3 is 9.47 Å². The van der Waals surface area contributed by atoms with Crippen molar-refractivity contribution in [2.24, 2.45) is 0 Å². The average molecular weight is 382 g/mol.